The van der Waals surface area contributed by atoms with Crippen LogP contribution in [0.1, 0.15) is 28.6 Å². The smallest absolute Gasteiger partial charge is 0.244 e. The molecule has 6 heteroatoms. The van der Waals surface area contributed by atoms with Crippen LogP contribution >= 0.6 is 0 Å². The predicted octanol–water partition coefficient (Wildman–Crippen LogP) is 1.70. The van der Waals surface area contributed by atoms with E-state index in [1.165, 1.54) is 17.2 Å². The molecule has 1 aliphatic carbocycles. The fourth-order valence-corrected chi connectivity index (χ4v) is 3.98. The summed E-state index contributed by atoms with van der Waals surface area (Å²) >= 11 is 0. The zero-order valence-electron chi connectivity index (χ0n) is 11.7. The van der Waals surface area contributed by atoms with Crippen molar-refractivity contribution in [2.45, 2.75) is 30.8 Å². The lowest BCUT2D eigenvalue weighted by Gasteiger charge is -2.30. The third-order valence-corrected chi connectivity index (χ3v) is 5.38. The van der Waals surface area contributed by atoms with Crippen molar-refractivity contribution in [1.29, 1.82) is 0 Å². The lowest BCUT2D eigenvalue weighted by molar-refractivity contribution is 0.244. The van der Waals surface area contributed by atoms with E-state index in [0.29, 0.717) is 12.3 Å². The summed E-state index contributed by atoms with van der Waals surface area (Å²) in [5.74, 6) is 0.767. The second-order valence-corrected chi connectivity index (χ2v) is 6.98. The van der Waals surface area contributed by atoms with Crippen LogP contribution in [0.3, 0.4) is 0 Å². The van der Waals surface area contributed by atoms with Crippen LogP contribution in [-0.2, 0) is 23.1 Å². The number of aryl methyl sites for hydroxylation is 1. The molecule has 0 saturated heterocycles. The summed E-state index contributed by atoms with van der Waals surface area (Å²) in [5.41, 5.74) is 2.49. The van der Waals surface area contributed by atoms with E-state index in [4.69, 9.17) is 9.52 Å². The minimum atomic E-state index is -3.61. The molecule has 1 aromatic carbocycles. The Hall–Kier alpha value is -1.63. The number of sulfonamides is 1. The van der Waals surface area contributed by atoms with Crippen LogP contribution in [-0.4, -0.2) is 20.1 Å². The Labute approximate surface area is 123 Å². The van der Waals surface area contributed by atoms with E-state index in [-0.39, 0.29) is 23.2 Å². The first kappa shape index (κ1) is 14.3. The van der Waals surface area contributed by atoms with E-state index in [2.05, 4.69) is 10.8 Å². The molecule has 112 valence electrons. The van der Waals surface area contributed by atoms with Crippen molar-refractivity contribution < 1.29 is 17.9 Å². The summed E-state index contributed by atoms with van der Waals surface area (Å²) in [6, 6.07) is 9.42. The Morgan fingerprint density at radius 3 is 2.81 bits per heavy atom. The summed E-state index contributed by atoms with van der Waals surface area (Å²) < 4.78 is 32.4. The second-order valence-electron chi connectivity index (χ2n) is 5.24. The third-order valence-electron chi connectivity index (χ3n) is 3.85. The second kappa shape index (κ2) is 5.29. The van der Waals surface area contributed by atoms with Gasteiger partial charge in [0, 0.05) is 18.5 Å². The van der Waals surface area contributed by atoms with E-state index in [9.17, 15) is 8.42 Å². The zero-order valence-corrected chi connectivity index (χ0v) is 12.5. The molecule has 21 heavy (non-hydrogen) atoms. The summed E-state index contributed by atoms with van der Waals surface area (Å²) in [4.78, 5) is 0.0964. The maximum atomic E-state index is 12.3. The molecule has 1 aliphatic rings. The molecule has 5 nitrogen and oxygen atoms in total. The average molecular weight is 307 g/mol. The van der Waals surface area contributed by atoms with Gasteiger partial charge < -0.3 is 9.52 Å². The van der Waals surface area contributed by atoms with Gasteiger partial charge in [-0.25, -0.2) is 13.1 Å². The molecule has 0 amide bonds. The van der Waals surface area contributed by atoms with Gasteiger partial charge in [-0.1, -0.05) is 24.3 Å². The van der Waals surface area contributed by atoms with Gasteiger partial charge >= 0.3 is 0 Å². The Kier molecular flexibility index (Phi) is 3.61. The maximum absolute atomic E-state index is 12.3. The maximum Gasteiger partial charge on any atom is 0.244 e. The number of nitrogens with one attached hydrogen (secondary N) is 1. The summed E-state index contributed by atoms with van der Waals surface area (Å²) in [6.45, 7) is 1.64. The minimum absolute atomic E-state index is 0.0964. The van der Waals surface area contributed by atoms with Gasteiger partial charge in [0.05, 0.1) is 0 Å². The van der Waals surface area contributed by atoms with Gasteiger partial charge in [-0.05, 0) is 24.5 Å². The lowest BCUT2D eigenvalue weighted by Crippen LogP contribution is -2.33. The first-order valence-corrected chi connectivity index (χ1v) is 8.27. The standard InChI is InChI=1S/C15H17NO4S/c1-10-15(7-13(9-17)20-10)21(18,19)16-8-12-6-11-4-2-3-5-14(11)12/h2-5,7,12,16-17H,6,8-9H2,1H3. The van der Waals surface area contributed by atoms with Crippen molar-refractivity contribution in [1.82, 2.24) is 4.72 Å². The fraction of sp³-hybridized carbons (Fsp3) is 0.333. The highest BCUT2D eigenvalue weighted by Crippen LogP contribution is 2.34. The number of hydrogen-bond acceptors (Lipinski definition) is 4. The number of aliphatic hydroxyl groups is 1. The third kappa shape index (κ3) is 2.62. The number of hydrogen-bond donors (Lipinski definition) is 2. The molecule has 1 aromatic heterocycles. The largest absolute Gasteiger partial charge is 0.462 e. The Morgan fingerprint density at radius 1 is 1.38 bits per heavy atom. The van der Waals surface area contributed by atoms with E-state index in [1.807, 2.05) is 18.2 Å². The molecule has 0 bridgehead atoms. The van der Waals surface area contributed by atoms with Gasteiger partial charge in [0.25, 0.3) is 0 Å². The van der Waals surface area contributed by atoms with Gasteiger partial charge in [0.2, 0.25) is 10.0 Å². The highest BCUT2D eigenvalue weighted by atomic mass is 32.2. The molecule has 0 spiro atoms. The number of rotatable bonds is 5. The van der Waals surface area contributed by atoms with Gasteiger partial charge in [0.1, 0.15) is 23.0 Å². The molecule has 3 rings (SSSR count). The predicted molar refractivity (Wildman–Crippen MR) is 77.4 cm³/mol. The fourth-order valence-electron chi connectivity index (χ4n) is 2.70. The molecule has 2 N–H and O–H groups in total. The van der Waals surface area contributed by atoms with E-state index >= 15 is 0 Å². The molecule has 2 aromatic rings. The van der Waals surface area contributed by atoms with E-state index in [1.54, 1.807) is 6.92 Å². The number of aliphatic hydroxyl groups excluding tert-OH is 1. The van der Waals surface area contributed by atoms with Crippen molar-refractivity contribution in [3.63, 3.8) is 0 Å². The Morgan fingerprint density at radius 2 is 2.14 bits per heavy atom. The quantitative estimate of drug-likeness (QED) is 0.881. The topological polar surface area (TPSA) is 79.5 Å². The highest BCUT2D eigenvalue weighted by molar-refractivity contribution is 7.89. The van der Waals surface area contributed by atoms with Crippen LogP contribution in [0, 0.1) is 6.92 Å². The van der Waals surface area contributed by atoms with Crippen LogP contribution in [0.5, 0.6) is 0 Å². The minimum Gasteiger partial charge on any atom is -0.462 e. The number of furan rings is 1. The first-order chi connectivity index (χ1) is 10.0. The van der Waals surface area contributed by atoms with Crippen molar-refractivity contribution in [3.05, 3.63) is 53.0 Å². The average Bonchev–Trinajstić information content (AvgIpc) is 2.82. The SMILES string of the molecule is Cc1oc(CO)cc1S(=O)(=O)NCC1Cc2ccccc21. The summed E-state index contributed by atoms with van der Waals surface area (Å²) in [5, 5.41) is 9.01. The highest BCUT2D eigenvalue weighted by Gasteiger charge is 2.28. The van der Waals surface area contributed by atoms with Gasteiger partial charge in [-0.3, -0.25) is 0 Å². The zero-order chi connectivity index (χ0) is 15.0. The summed E-state index contributed by atoms with van der Waals surface area (Å²) in [6.07, 6.45) is 0.894. The van der Waals surface area contributed by atoms with Crippen LogP contribution < -0.4 is 4.72 Å². The van der Waals surface area contributed by atoms with Crippen LogP contribution in [0.15, 0.2) is 39.6 Å². The van der Waals surface area contributed by atoms with Crippen molar-refractivity contribution in [2.24, 2.45) is 0 Å². The monoisotopic (exact) mass is 307 g/mol. The lowest BCUT2D eigenvalue weighted by atomic mass is 9.78. The molecule has 0 saturated carbocycles. The van der Waals surface area contributed by atoms with Gasteiger partial charge in [-0.15, -0.1) is 0 Å². The molecule has 0 fully saturated rings. The molecule has 0 aliphatic heterocycles. The molecule has 0 radical (unpaired) electrons. The first-order valence-electron chi connectivity index (χ1n) is 6.79. The Balaban J connectivity index is 1.72. The molecular formula is C15H17NO4S. The number of benzene rings is 1. The van der Waals surface area contributed by atoms with Crippen LogP contribution in [0.4, 0.5) is 0 Å². The van der Waals surface area contributed by atoms with Crippen molar-refractivity contribution in [2.75, 3.05) is 6.54 Å². The molecule has 1 unspecified atom stereocenters. The van der Waals surface area contributed by atoms with Crippen LogP contribution in [0.2, 0.25) is 0 Å². The van der Waals surface area contributed by atoms with E-state index < -0.39 is 10.0 Å². The Bertz CT molecular complexity index is 764. The van der Waals surface area contributed by atoms with Crippen molar-refractivity contribution in [3.8, 4) is 0 Å². The van der Waals surface area contributed by atoms with Crippen molar-refractivity contribution >= 4 is 10.0 Å². The van der Waals surface area contributed by atoms with Gasteiger partial charge in [0.15, 0.2) is 0 Å². The summed E-state index contributed by atoms with van der Waals surface area (Å²) in [7, 11) is -3.61. The van der Waals surface area contributed by atoms with E-state index in [0.717, 1.165) is 6.42 Å². The van der Waals surface area contributed by atoms with Gasteiger partial charge in [-0.2, -0.15) is 0 Å². The molecule has 1 heterocycles. The molecular weight excluding hydrogens is 290 g/mol. The molecule has 1 atom stereocenters. The van der Waals surface area contributed by atoms with Crippen LogP contribution in [0.25, 0.3) is 0 Å². The number of fused-ring (bicyclic) bond motifs is 1. The normalized spacial score (nSPS) is 17.3.